The third-order valence-corrected chi connectivity index (χ3v) is 9.40. The van der Waals surface area contributed by atoms with Crippen molar-refractivity contribution in [2.75, 3.05) is 11.9 Å². The Balaban J connectivity index is 1.58. The molecule has 10 heteroatoms. The standard InChI is InChI=1S/C17H16BrN3O3S3/c1-10-4-2-6-12-15(10)19-17(25-12)20-16(22)11-5-3-9-21(11)27(23,24)14-8-7-13(18)26-14/h2,4,6-8,11H,3,5,9H2,1H3,(H,19,20,22). The first-order chi connectivity index (χ1) is 12.9. The molecule has 0 spiro atoms. The number of nitrogens with zero attached hydrogens (tertiary/aromatic N) is 2. The summed E-state index contributed by atoms with van der Waals surface area (Å²) < 4.78 is 29.1. The van der Waals surface area contributed by atoms with Crippen LogP contribution in [0.1, 0.15) is 18.4 Å². The van der Waals surface area contributed by atoms with E-state index in [2.05, 4.69) is 26.2 Å². The van der Waals surface area contributed by atoms with Crippen LogP contribution in [0, 0.1) is 6.92 Å². The van der Waals surface area contributed by atoms with Gasteiger partial charge in [0.1, 0.15) is 10.3 Å². The number of halogens is 1. The van der Waals surface area contributed by atoms with E-state index in [0.29, 0.717) is 24.5 Å². The van der Waals surface area contributed by atoms with Crippen molar-refractivity contribution in [3.8, 4) is 0 Å². The van der Waals surface area contributed by atoms with Gasteiger partial charge in [-0.05, 0) is 59.5 Å². The fourth-order valence-electron chi connectivity index (χ4n) is 3.17. The molecule has 0 aliphatic carbocycles. The number of hydrogen-bond acceptors (Lipinski definition) is 6. The van der Waals surface area contributed by atoms with Gasteiger partial charge in [-0.3, -0.25) is 4.79 Å². The molecule has 1 saturated heterocycles. The Labute approximate surface area is 173 Å². The van der Waals surface area contributed by atoms with Crippen LogP contribution in [0.2, 0.25) is 0 Å². The third kappa shape index (κ3) is 3.56. The molecule has 6 nitrogen and oxygen atoms in total. The molecule has 3 aromatic rings. The molecule has 1 N–H and O–H groups in total. The fourth-order valence-corrected chi connectivity index (χ4v) is 7.91. The first-order valence-electron chi connectivity index (χ1n) is 8.30. The molecule has 0 radical (unpaired) electrons. The van der Waals surface area contributed by atoms with E-state index < -0.39 is 16.1 Å². The Morgan fingerprint density at radius 3 is 2.81 bits per heavy atom. The van der Waals surface area contributed by atoms with Gasteiger partial charge in [-0.1, -0.05) is 23.5 Å². The summed E-state index contributed by atoms with van der Waals surface area (Å²) in [6.07, 6.45) is 1.16. The van der Waals surface area contributed by atoms with Gasteiger partial charge in [0.05, 0.1) is 14.0 Å². The van der Waals surface area contributed by atoms with Crippen LogP contribution in [-0.2, 0) is 14.8 Å². The molecule has 1 aromatic carbocycles. The lowest BCUT2D eigenvalue weighted by molar-refractivity contribution is -0.119. The van der Waals surface area contributed by atoms with E-state index in [-0.39, 0.29) is 10.1 Å². The van der Waals surface area contributed by atoms with Crippen molar-refractivity contribution in [1.82, 2.24) is 9.29 Å². The van der Waals surface area contributed by atoms with Crippen LogP contribution >= 0.6 is 38.6 Å². The van der Waals surface area contributed by atoms with Crippen molar-refractivity contribution >= 4 is 69.9 Å². The van der Waals surface area contributed by atoms with Crippen molar-refractivity contribution < 1.29 is 13.2 Å². The lowest BCUT2D eigenvalue weighted by Crippen LogP contribution is -2.42. The summed E-state index contributed by atoms with van der Waals surface area (Å²) in [4.78, 5) is 17.3. The molecule has 27 heavy (non-hydrogen) atoms. The second-order valence-electron chi connectivity index (χ2n) is 6.26. The first kappa shape index (κ1) is 19.0. The number of aromatic nitrogens is 1. The van der Waals surface area contributed by atoms with Crippen molar-refractivity contribution in [2.45, 2.75) is 30.0 Å². The number of benzene rings is 1. The normalized spacial score (nSPS) is 18.2. The van der Waals surface area contributed by atoms with Gasteiger partial charge >= 0.3 is 0 Å². The molecular weight excluding hydrogens is 470 g/mol. The molecular formula is C17H16BrN3O3S3. The summed E-state index contributed by atoms with van der Waals surface area (Å²) in [7, 11) is -3.69. The summed E-state index contributed by atoms with van der Waals surface area (Å²) >= 11 is 5.83. The monoisotopic (exact) mass is 485 g/mol. The Bertz CT molecular complexity index is 1120. The summed E-state index contributed by atoms with van der Waals surface area (Å²) in [6, 6.07) is 8.42. The number of hydrogen-bond donors (Lipinski definition) is 1. The quantitative estimate of drug-likeness (QED) is 0.599. The topological polar surface area (TPSA) is 79.4 Å². The Morgan fingerprint density at radius 1 is 1.30 bits per heavy atom. The molecule has 1 atom stereocenters. The van der Waals surface area contributed by atoms with Crippen molar-refractivity contribution in [2.24, 2.45) is 0 Å². The maximum absolute atomic E-state index is 12.9. The van der Waals surface area contributed by atoms with E-state index in [4.69, 9.17) is 0 Å². The molecule has 3 heterocycles. The molecule has 142 valence electrons. The molecule has 1 aliphatic heterocycles. The minimum atomic E-state index is -3.69. The van der Waals surface area contributed by atoms with Crippen LogP contribution in [0.3, 0.4) is 0 Å². The predicted octanol–water partition coefficient (Wildman–Crippen LogP) is 4.22. The lowest BCUT2D eigenvalue weighted by Gasteiger charge is -2.22. The zero-order chi connectivity index (χ0) is 19.2. The number of amides is 1. The molecule has 0 bridgehead atoms. The number of rotatable bonds is 4. The molecule has 1 amide bonds. The van der Waals surface area contributed by atoms with Gasteiger partial charge < -0.3 is 5.32 Å². The summed E-state index contributed by atoms with van der Waals surface area (Å²) in [5.74, 6) is -0.330. The summed E-state index contributed by atoms with van der Waals surface area (Å²) in [5.41, 5.74) is 1.90. The zero-order valence-corrected chi connectivity index (χ0v) is 18.3. The van der Waals surface area contributed by atoms with Crippen LogP contribution in [0.4, 0.5) is 5.13 Å². The summed E-state index contributed by atoms with van der Waals surface area (Å²) in [5, 5.41) is 3.31. The highest BCUT2D eigenvalue weighted by atomic mass is 79.9. The Hall–Kier alpha value is -1.33. The number of para-hydroxylation sites is 1. The summed E-state index contributed by atoms with van der Waals surface area (Å²) in [6.45, 7) is 2.31. The van der Waals surface area contributed by atoms with Gasteiger partial charge in [0.2, 0.25) is 5.91 Å². The van der Waals surface area contributed by atoms with Gasteiger partial charge in [0, 0.05) is 6.54 Å². The minimum Gasteiger partial charge on any atom is -0.301 e. The number of fused-ring (bicyclic) bond motifs is 1. The van der Waals surface area contributed by atoms with Gasteiger partial charge in [0.25, 0.3) is 10.0 Å². The predicted molar refractivity (Wildman–Crippen MR) is 112 cm³/mol. The van der Waals surface area contributed by atoms with Crippen molar-refractivity contribution in [1.29, 1.82) is 0 Å². The second-order valence-corrected chi connectivity index (χ2v) is 11.9. The van der Waals surface area contributed by atoms with Crippen molar-refractivity contribution in [3.05, 3.63) is 39.7 Å². The SMILES string of the molecule is Cc1cccc2sc(NC(=O)C3CCCN3S(=O)(=O)c3ccc(Br)s3)nc12. The van der Waals surface area contributed by atoms with Crippen LogP contribution in [0.15, 0.2) is 38.3 Å². The number of sulfonamides is 1. The number of thiophene rings is 1. The highest BCUT2D eigenvalue weighted by Gasteiger charge is 2.40. The Morgan fingerprint density at radius 2 is 2.11 bits per heavy atom. The maximum atomic E-state index is 12.9. The van der Waals surface area contributed by atoms with Crippen LogP contribution in [-0.4, -0.2) is 36.2 Å². The van der Waals surface area contributed by atoms with Gasteiger partial charge in [-0.25, -0.2) is 13.4 Å². The molecule has 0 saturated carbocycles. The minimum absolute atomic E-state index is 0.240. The lowest BCUT2D eigenvalue weighted by atomic mass is 10.2. The van der Waals surface area contributed by atoms with E-state index in [0.717, 1.165) is 30.9 Å². The molecule has 1 unspecified atom stereocenters. The van der Waals surface area contributed by atoms with E-state index in [1.165, 1.54) is 15.6 Å². The Kier molecular flexibility index (Phi) is 5.10. The number of anilines is 1. The molecule has 2 aromatic heterocycles. The van der Waals surface area contributed by atoms with Crippen LogP contribution < -0.4 is 5.32 Å². The van der Waals surface area contributed by atoms with Crippen LogP contribution in [0.25, 0.3) is 10.2 Å². The highest BCUT2D eigenvalue weighted by Crippen LogP contribution is 2.33. The number of nitrogens with one attached hydrogen (secondary N) is 1. The number of carbonyl (C=O) groups excluding carboxylic acids is 1. The first-order valence-corrected chi connectivity index (χ1v) is 12.2. The largest absolute Gasteiger partial charge is 0.301 e. The van der Waals surface area contributed by atoms with Gasteiger partial charge in [-0.15, -0.1) is 11.3 Å². The average molecular weight is 486 g/mol. The van der Waals surface area contributed by atoms with Crippen LogP contribution in [0.5, 0.6) is 0 Å². The van der Waals surface area contributed by atoms with E-state index in [1.807, 2.05) is 25.1 Å². The maximum Gasteiger partial charge on any atom is 0.253 e. The number of aryl methyl sites for hydroxylation is 1. The average Bonchev–Trinajstić information content (AvgIpc) is 3.33. The second kappa shape index (κ2) is 7.25. The fraction of sp³-hybridized carbons (Fsp3) is 0.294. The molecule has 1 fully saturated rings. The van der Waals surface area contributed by atoms with Gasteiger partial charge in [0.15, 0.2) is 5.13 Å². The number of thiazole rings is 1. The molecule has 4 rings (SSSR count). The van der Waals surface area contributed by atoms with Gasteiger partial charge in [-0.2, -0.15) is 4.31 Å². The zero-order valence-electron chi connectivity index (χ0n) is 14.3. The van der Waals surface area contributed by atoms with E-state index in [9.17, 15) is 13.2 Å². The van der Waals surface area contributed by atoms with E-state index in [1.54, 1.807) is 12.1 Å². The molecule has 1 aliphatic rings. The third-order valence-electron chi connectivity index (χ3n) is 4.47. The number of carbonyl (C=O) groups is 1. The van der Waals surface area contributed by atoms with E-state index >= 15 is 0 Å². The van der Waals surface area contributed by atoms with Crippen molar-refractivity contribution in [3.63, 3.8) is 0 Å². The smallest absolute Gasteiger partial charge is 0.253 e. The highest BCUT2D eigenvalue weighted by molar-refractivity contribution is 9.11.